The average Bonchev–Trinajstić information content (AvgIpc) is 3.34. The van der Waals surface area contributed by atoms with Gasteiger partial charge in [-0.15, -0.1) is 11.3 Å². The Morgan fingerprint density at radius 3 is 2.77 bits per heavy atom. The second-order valence-corrected chi connectivity index (χ2v) is 8.29. The van der Waals surface area contributed by atoms with Crippen molar-refractivity contribution in [3.8, 4) is 5.75 Å². The van der Waals surface area contributed by atoms with Gasteiger partial charge in [0, 0.05) is 57.4 Å². The first-order chi connectivity index (χ1) is 14.8. The highest BCUT2D eigenvalue weighted by molar-refractivity contribution is 7.13. The van der Waals surface area contributed by atoms with E-state index in [9.17, 15) is 0 Å². The highest BCUT2D eigenvalue weighted by Gasteiger charge is 2.19. The molecule has 2 aliphatic rings. The Morgan fingerprint density at radius 2 is 2.00 bits per heavy atom. The van der Waals surface area contributed by atoms with Crippen molar-refractivity contribution in [1.82, 2.24) is 14.8 Å². The fraction of sp³-hybridized carbons (Fsp3) is 0.524. The van der Waals surface area contributed by atoms with Gasteiger partial charge in [0.1, 0.15) is 12.4 Å². The lowest BCUT2D eigenvalue weighted by atomic mass is 10.2. The first kappa shape index (κ1) is 20.9. The largest absolute Gasteiger partial charge is 0.492 e. The van der Waals surface area contributed by atoms with Gasteiger partial charge in [-0.25, -0.2) is 9.98 Å². The zero-order valence-corrected chi connectivity index (χ0v) is 18.1. The molecule has 0 spiro atoms. The topological polar surface area (TPSA) is 79.5 Å². The predicted octanol–water partition coefficient (Wildman–Crippen LogP) is 1.49. The summed E-state index contributed by atoms with van der Waals surface area (Å²) >= 11 is 1.68. The first-order valence-corrected chi connectivity index (χ1v) is 11.4. The number of aromatic nitrogens is 1. The number of nitrogens with zero attached hydrogens (tertiary/aromatic N) is 5. The summed E-state index contributed by atoms with van der Waals surface area (Å²) in [7, 11) is 0. The summed E-state index contributed by atoms with van der Waals surface area (Å²) < 4.78 is 11.3. The number of anilines is 1. The molecule has 0 aliphatic carbocycles. The van der Waals surface area contributed by atoms with Gasteiger partial charge in [0.2, 0.25) is 0 Å². The summed E-state index contributed by atoms with van der Waals surface area (Å²) in [5.74, 6) is 1.49. The Morgan fingerprint density at radius 1 is 1.17 bits per heavy atom. The molecule has 2 N–H and O–H groups in total. The van der Waals surface area contributed by atoms with Crippen LogP contribution in [-0.4, -0.2) is 86.4 Å². The number of piperazine rings is 1. The van der Waals surface area contributed by atoms with Crippen molar-refractivity contribution >= 4 is 22.4 Å². The quantitative estimate of drug-likeness (QED) is 0.527. The standard InChI is InChI=1S/C21H30N6O2S/c22-20(26-5-7-27(8-6-26)21-23-4-15-30-21)24-17-18-2-1-3-19(16-18)29-14-11-25-9-12-28-13-10-25/h1-4,15-16H,5-14,17H2,(H2,22,24). The lowest BCUT2D eigenvalue weighted by Gasteiger charge is -2.35. The zero-order chi connectivity index (χ0) is 20.6. The van der Waals surface area contributed by atoms with Crippen molar-refractivity contribution in [2.75, 3.05) is 70.5 Å². The van der Waals surface area contributed by atoms with Crippen molar-refractivity contribution in [3.05, 3.63) is 41.4 Å². The van der Waals surface area contributed by atoms with Gasteiger partial charge in [0.05, 0.1) is 19.8 Å². The van der Waals surface area contributed by atoms with Crippen LogP contribution in [0, 0.1) is 0 Å². The summed E-state index contributed by atoms with van der Waals surface area (Å²) in [5, 5.41) is 3.09. The minimum atomic E-state index is 0.555. The molecule has 1 aromatic carbocycles. The lowest BCUT2D eigenvalue weighted by Crippen LogP contribution is -2.51. The van der Waals surface area contributed by atoms with E-state index in [-0.39, 0.29) is 0 Å². The summed E-state index contributed by atoms with van der Waals surface area (Å²) in [6.45, 7) is 9.30. The average molecular weight is 431 g/mol. The van der Waals surface area contributed by atoms with E-state index in [1.807, 2.05) is 23.7 Å². The van der Waals surface area contributed by atoms with E-state index in [1.165, 1.54) is 0 Å². The summed E-state index contributed by atoms with van der Waals surface area (Å²) in [6, 6.07) is 8.12. The van der Waals surface area contributed by atoms with Crippen molar-refractivity contribution < 1.29 is 9.47 Å². The van der Waals surface area contributed by atoms with Crippen LogP contribution in [0.3, 0.4) is 0 Å². The molecule has 162 valence electrons. The zero-order valence-electron chi connectivity index (χ0n) is 17.3. The van der Waals surface area contributed by atoms with Crippen molar-refractivity contribution in [1.29, 1.82) is 0 Å². The minimum Gasteiger partial charge on any atom is -0.492 e. The molecule has 0 unspecified atom stereocenters. The Hall–Kier alpha value is -2.36. The molecule has 4 rings (SSSR count). The van der Waals surface area contributed by atoms with Gasteiger partial charge in [-0.05, 0) is 17.7 Å². The maximum Gasteiger partial charge on any atom is 0.191 e. The van der Waals surface area contributed by atoms with E-state index in [0.717, 1.165) is 75.5 Å². The Labute approximate surface area is 181 Å². The Balaban J connectivity index is 1.22. The molecule has 0 bridgehead atoms. The predicted molar refractivity (Wildman–Crippen MR) is 120 cm³/mol. The van der Waals surface area contributed by atoms with Gasteiger partial charge in [-0.3, -0.25) is 4.90 Å². The number of hydrogen-bond donors (Lipinski definition) is 1. The number of guanidine groups is 1. The van der Waals surface area contributed by atoms with E-state index in [1.54, 1.807) is 11.3 Å². The van der Waals surface area contributed by atoms with Crippen LogP contribution in [0.5, 0.6) is 5.75 Å². The normalized spacial score (nSPS) is 18.6. The molecule has 0 saturated carbocycles. The molecule has 3 heterocycles. The Bertz CT molecular complexity index is 802. The molecule has 2 aromatic rings. The molecular weight excluding hydrogens is 400 g/mol. The third-order valence-electron chi connectivity index (χ3n) is 5.40. The second kappa shape index (κ2) is 10.6. The number of hydrogen-bond acceptors (Lipinski definition) is 7. The SMILES string of the molecule is NC(=NCc1cccc(OCCN2CCOCC2)c1)N1CCN(c2nccs2)CC1. The van der Waals surface area contributed by atoms with Gasteiger partial charge in [-0.1, -0.05) is 12.1 Å². The Kier molecular flexibility index (Phi) is 7.39. The minimum absolute atomic E-state index is 0.555. The number of morpholine rings is 1. The van der Waals surface area contributed by atoms with E-state index >= 15 is 0 Å². The van der Waals surface area contributed by atoms with Crippen LogP contribution in [-0.2, 0) is 11.3 Å². The number of nitrogens with two attached hydrogens (primary N) is 1. The maximum atomic E-state index is 6.26. The van der Waals surface area contributed by atoms with E-state index < -0.39 is 0 Å². The molecule has 30 heavy (non-hydrogen) atoms. The molecule has 2 aliphatic heterocycles. The monoisotopic (exact) mass is 430 g/mol. The van der Waals surface area contributed by atoms with Crippen LogP contribution in [0.4, 0.5) is 5.13 Å². The van der Waals surface area contributed by atoms with Gasteiger partial charge in [0.15, 0.2) is 11.1 Å². The fourth-order valence-corrected chi connectivity index (χ4v) is 4.32. The second-order valence-electron chi connectivity index (χ2n) is 7.41. The van der Waals surface area contributed by atoms with Gasteiger partial charge in [-0.2, -0.15) is 0 Å². The van der Waals surface area contributed by atoms with Crippen LogP contribution in [0.1, 0.15) is 5.56 Å². The molecule has 2 fully saturated rings. The third kappa shape index (κ3) is 5.84. The highest BCUT2D eigenvalue weighted by Crippen LogP contribution is 2.19. The number of aliphatic imine (C=N–C) groups is 1. The molecule has 0 radical (unpaired) electrons. The van der Waals surface area contributed by atoms with E-state index in [4.69, 9.17) is 15.2 Å². The number of thiazole rings is 1. The fourth-order valence-electron chi connectivity index (χ4n) is 3.62. The molecule has 8 nitrogen and oxygen atoms in total. The molecular formula is C21H30N6O2S. The van der Waals surface area contributed by atoms with E-state index in [2.05, 4.69) is 36.8 Å². The third-order valence-corrected chi connectivity index (χ3v) is 6.23. The maximum absolute atomic E-state index is 6.26. The lowest BCUT2D eigenvalue weighted by molar-refractivity contribution is 0.0322. The van der Waals surface area contributed by atoms with Crippen molar-refractivity contribution in [2.24, 2.45) is 10.7 Å². The number of ether oxygens (including phenoxy) is 2. The highest BCUT2D eigenvalue weighted by atomic mass is 32.1. The smallest absolute Gasteiger partial charge is 0.191 e. The van der Waals surface area contributed by atoms with Gasteiger partial charge >= 0.3 is 0 Å². The van der Waals surface area contributed by atoms with Gasteiger partial charge < -0.3 is 25.0 Å². The van der Waals surface area contributed by atoms with Crippen LogP contribution >= 0.6 is 11.3 Å². The van der Waals surface area contributed by atoms with Crippen LogP contribution in [0.25, 0.3) is 0 Å². The molecule has 2 saturated heterocycles. The summed E-state index contributed by atoms with van der Waals surface area (Å²) in [6.07, 6.45) is 1.85. The van der Waals surface area contributed by atoms with E-state index in [0.29, 0.717) is 19.1 Å². The number of benzene rings is 1. The summed E-state index contributed by atoms with van der Waals surface area (Å²) in [5.41, 5.74) is 7.36. The molecule has 0 atom stereocenters. The molecule has 9 heteroatoms. The summed E-state index contributed by atoms with van der Waals surface area (Å²) in [4.78, 5) is 15.8. The number of rotatable bonds is 7. The van der Waals surface area contributed by atoms with Crippen LogP contribution in [0.15, 0.2) is 40.8 Å². The molecule has 1 aromatic heterocycles. The van der Waals surface area contributed by atoms with Gasteiger partial charge in [0.25, 0.3) is 0 Å². The molecule has 0 amide bonds. The van der Waals surface area contributed by atoms with Crippen molar-refractivity contribution in [2.45, 2.75) is 6.54 Å². The van der Waals surface area contributed by atoms with Crippen LogP contribution < -0.4 is 15.4 Å². The van der Waals surface area contributed by atoms with Crippen LogP contribution in [0.2, 0.25) is 0 Å². The first-order valence-electron chi connectivity index (χ1n) is 10.5. The van der Waals surface area contributed by atoms with Crippen molar-refractivity contribution in [3.63, 3.8) is 0 Å².